The molecule has 0 unspecified atom stereocenters. The molecule has 0 fully saturated rings. The molecule has 0 aliphatic heterocycles. The molecule has 0 saturated carbocycles. The van der Waals surface area contributed by atoms with Gasteiger partial charge in [-0.05, 0) is 0 Å². The summed E-state index contributed by atoms with van der Waals surface area (Å²) in [4.78, 5) is 33.0. The van der Waals surface area contributed by atoms with Crippen molar-refractivity contribution >= 4 is 15.6 Å². The quantitative estimate of drug-likeness (QED) is 0.357. The van der Waals surface area contributed by atoms with E-state index in [9.17, 15) is 9.13 Å². The van der Waals surface area contributed by atoms with Gasteiger partial charge in [-0.3, -0.25) is 9.05 Å². The number of phosphoric ester groups is 2. The van der Waals surface area contributed by atoms with Crippen LogP contribution in [0, 0.1) is 0 Å². The van der Waals surface area contributed by atoms with Gasteiger partial charge in [0.2, 0.25) is 0 Å². The summed E-state index contributed by atoms with van der Waals surface area (Å²) < 4.78 is 28.2. The van der Waals surface area contributed by atoms with Crippen LogP contribution in [0.15, 0.2) is 0 Å². The second-order valence-electron chi connectivity index (χ2n) is 2.19. The Kier molecular flexibility index (Phi) is 5.38. The van der Waals surface area contributed by atoms with Gasteiger partial charge in [0, 0.05) is 0 Å². The first-order valence-corrected chi connectivity index (χ1v) is 6.25. The van der Waals surface area contributed by atoms with Crippen molar-refractivity contribution < 1.29 is 42.9 Å². The molecule has 0 aromatic heterocycles. The van der Waals surface area contributed by atoms with Crippen LogP contribution in [0.2, 0.25) is 0 Å². The average Bonchev–Trinajstić information content (AvgIpc) is 1.94. The summed E-state index contributed by atoms with van der Waals surface area (Å²) in [5, 5.41) is 8.48. The highest BCUT2D eigenvalue weighted by Crippen LogP contribution is 2.40. The maximum absolute atomic E-state index is 10.2. The van der Waals surface area contributed by atoms with Crippen LogP contribution in [0.4, 0.5) is 0 Å². The van der Waals surface area contributed by atoms with Gasteiger partial charge in [-0.2, -0.15) is 0 Å². The summed E-state index contributed by atoms with van der Waals surface area (Å²) in [7, 11) is -9.56. The molecule has 5 N–H and O–H groups in total. The molecule has 1 atom stereocenters. The van der Waals surface area contributed by atoms with Crippen LogP contribution in [0.25, 0.3) is 0 Å². The van der Waals surface area contributed by atoms with Crippen molar-refractivity contribution in [2.45, 2.75) is 6.10 Å². The molecule has 0 aromatic rings. The molecule has 0 aromatic carbocycles. The molecule has 0 aliphatic carbocycles. The fourth-order valence-electron chi connectivity index (χ4n) is 0.491. The Morgan fingerprint density at radius 1 is 1.07 bits per heavy atom. The molecule has 9 nitrogen and oxygen atoms in total. The number of hydrogen-bond donors (Lipinski definition) is 5. The van der Waals surface area contributed by atoms with E-state index in [4.69, 9.17) is 24.7 Å². The van der Waals surface area contributed by atoms with E-state index in [1.165, 1.54) is 0 Å². The monoisotopic (exact) mass is 252 g/mol. The Morgan fingerprint density at radius 2 is 1.57 bits per heavy atom. The van der Waals surface area contributed by atoms with E-state index in [1.54, 1.807) is 0 Å². The predicted octanol–water partition coefficient (Wildman–Crippen LogP) is -1.43. The summed E-state index contributed by atoms with van der Waals surface area (Å²) >= 11 is 0. The van der Waals surface area contributed by atoms with Crippen molar-refractivity contribution in [1.29, 1.82) is 0 Å². The molecule has 11 heteroatoms. The smallest absolute Gasteiger partial charge is 0.394 e. The molecule has 0 bridgehead atoms. The molecular weight excluding hydrogens is 242 g/mol. The zero-order valence-corrected chi connectivity index (χ0v) is 8.54. The predicted molar refractivity (Wildman–Crippen MR) is 42.0 cm³/mol. The highest BCUT2D eigenvalue weighted by atomic mass is 31.2. The van der Waals surface area contributed by atoms with Gasteiger partial charge in [0.15, 0.2) is 0 Å². The van der Waals surface area contributed by atoms with Gasteiger partial charge in [-0.15, -0.1) is 0 Å². The summed E-state index contributed by atoms with van der Waals surface area (Å²) in [6, 6.07) is 0. The van der Waals surface area contributed by atoms with E-state index in [-0.39, 0.29) is 0 Å². The van der Waals surface area contributed by atoms with Gasteiger partial charge in [0.05, 0.1) is 13.2 Å². The third kappa shape index (κ3) is 8.76. The number of aliphatic hydroxyl groups excluding tert-OH is 1. The lowest BCUT2D eigenvalue weighted by Crippen LogP contribution is -2.22. The van der Waals surface area contributed by atoms with Gasteiger partial charge < -0.3 is 24.7 Å². The average molecular weight is 252 g/mol. The van der Waals surface area contributed by atoms with E-state index in [0.717, 1.165) is 0 Å². The van der Waals surface area contributed by atoms with Crippen LogP contribution >= 0.6 is 15.6 Å². The van der Waals surface area contributed by atoms with Gasteiger partial charge in [-0.25, -0.2) is 9.13 Å². The van der Waals surface area contributed by atoms with Crippen LogP contribution < -0.4 is 0 Å². The fourth-order valence-corrected chi connectivity index (χ4v) is 1.37. The van der Waals surface area contributed by atoms with Gasteiger partial charge in [-0.1, -0.05) is 0 Å². The number of phosphoric acid groups is 2. The van der Waals surface area contributed by atoms with Crippen LogP contribution in [0.3, 0.4) is 0 Å². The molecule has 0 amide bonds. The summed E-state index contributed by atoms with van der Waals surface area (Å²) in [6.07, 6.45) is -1.50. The topological polar surface area (TPSA) is 154 Å². The van der Waals surface area contributed by atoms with E-state index in [2.05, 4.69) is 9.05 Å². The Hall–Kier alpha value is 0.180. The Balaban J connectivity index is 4.06. The Labute approximate surface area is 78.8 Å². The summed E-state index contributed by atoms with van der Waals surface area (Å²) in [5.74, 6) is 0. The molecule has 0 aliphatic rings. The fraction of sp³-hybridized carbons (Fsp3) is 1.00. The molecule has 0 saturated heterocycles. The zero-order valence-electron chi connectivity index (χ0n) is 6.76. The van der Waals surface area contributed by atoms with E-state index in [0.29, 0.717) is 0 Å². The number of aliphatic hydroxyl groups is 1. The van der Waals surface area contributed by atoms with Crippen LogP contribution in [-0.2, 0) is 18.2 Å². The zero-order chi connectivity index (χ0) is 11.4. The van der Waals surface area contributed by atoms with Crippen LogP contribution in [-0.4, -0.2) is 44.0 Å². The van der Waals surface area contributed by atoms with Crippen molar-refractivity contribution in [2.75, 3.05) is 13.2 Å². The minimum Gasteiger partial charge on any atom is -0.394 e. The van der Waals surface area contributed by atoms with Gasteiger partial charge >= 0.3 is 15.6 Å². The van der Waals surface area contributed by atoms with Crippen molar-refractivity contribution in [3.63, 3.8) is 0 Å². The van der Waals surface area contributed by atoms with Crippen molar-refractivity contribution in [3.05, 3.63) is 0 Å². The summed E-state index contributed by atoms with van der Waals surface area (Å²) in [5.41, 5.74) is 0. The third-order valence-electron chi connectivity index (χ3n) is 0.919. The van der Waals surface area contributed by atoms with Gasteiger partial charge in [0.25, 0.3) is 0 Å². The van der Waals surface area contributed by atoms with Crippen molar-refractivity contribution in [2.24, 2.45) is 0 Å². The second kappa shape index (κ2) is 5.32. The molecule has 86 valence electrons. The van der Waals surface area contributed by atoms with Crippen molar-refractivity contribution in [1.82, 2.24) is 0 Å². The first-order chi connectivity index (χ1) is 6.14. The lowest BCUT2D eigenvalue weighted by molar-refractivity contribution is 0.0365. The minimum atomic E-state index is -4.81. The SMILES string of the molecule is O=P(O)(O)OC[C@@H](CO)OP(=O)(O)O. The minimum absolute atomic E-state index is 0.827. The molecule has 0 rings (SSSR count). The van der Waals surface area contributed by atoms with E-state index < -0.39 is 35.0 Å². The Morgan fingerprint density at radius 3 is 1.86 bits per heavy atom. The molecular formula is C3H10O9P2. The number of rotatable bonds is 6. The number of hydrogen-bond acceptors (Lipinski definition) is 5. The molecule has 0 heterocycles. The van der Waals surface area contributed by atoms with Crippen LogP contribution in [0.1, 0.15) is 0 Å². The summed E-state index contributed by atoms with van der Waals surface area (Å²) in [6.45, 7) is -1.67. The maximum atomic E-state index is 10.2. The molecule has 0 radical (unpaired) electrons. The third-order valence-corrected chi connectivity index (χ3v) is 1.98. The Bertz CT molecular complexity index is 251. The van der Waals surface area contributed by atoms with E-state index in [1.807, 2.05) is 0 Å². The first kappa shape index (κ1) is 14.2. The molecule has 0 spiro atoms. The van der Waals surface area contributed by atoms with E-state index >= 15 is 0 Å². The largest absolute Gasteiger partial charge is 0.470 e. The lowest BCUT2D eigenvalue weighted by Gasteiger charge is -2.15. The van der Waals surface area contributed by atoms with Crippen molar-refractivity contribution in [3.8, 4) is 0 Å². The normalized spacial score (nSPS) is 15.5. The maximum Gasteiger partial charge on any atom is 0.470 e. The lowest BCUT2D eigenvalue weighted by atomic mass is 10.4. The molecule has 14 heavy (non-hydrogen) atoms. The highest BCUT2D eigenvalue weighted by molar-refractivity contribution is 7.46. The second-order valence-corrected chi connectivity index (χ2v) is 4.62. The highest BCUT2D eigenvalue weighted by Gasteiger charge is 2.25. The first-order valence-electron chi connectivity index (χ1n) is 3.19. The van der Waals surface area contributed by atoms with Crippen LogP contribution in [0.5, 0.6) is 0 Å². The standard InChI is InChI=1S/C3H10O9P2/c4-1-3(12-14(8,9)10)2-11-13(5,6)7/h3-4H,1-2H2,(H2,5,6,7)(H2,8,9,10)/t3-/m1/s1. The van der Waals surface area contributed by atoms with Gasteiger partial charge in [0.1, 0.15) is 6.10 Å².